The van der Waals surface area contributed by atoms with Gasteiger partial charge >= 0.3 is 11.7 Å². The minimum Gasteiger partial charge on any atom is -0.461 e. The van der Waals surface area contributed by atoms with Gasteiger partial charge in [-0.1, -0.05) is 12.1 Å². The molecule has 1 N–H and O–H groups in total. The summed E-state index contributed by atoms with van der Waals surface area (Å²) in [6.07, 6.45) is 2.67. The smallest absolute Gasteiger partial charge is 0.310 e. The van der Waals surface area contributed by atoms with Gasteiger partial charge in [-0.05, 0) is 23.8 Å². The number of aromatic nitrogens is 1. The third-order valence-corrected chi connectivity index (χ3v) is 2.67. The van der Waals surface area contributed by atoms with Crippen LogP contribution in [0.3, 0.4) is 0 Å². The summed E-state index contributed by atoms with van der Waals surface area (Å²) in [5.41, 5.74) is 1.79. The van der Waals surface area contributed by atoms with Crippen molar-refractivity contribution in [1.82, 2.24) is 4.98 Å². The van der Waals surface area contributed by atoms with E-state index in [1.165, 1.54) is 25.4 Å². The second-order valence-electron chi connectivity index (χ2n) is 4.25. The Hall–Kier alpha value is -2.96. The highest BCUT2D eigenvalue weighted by molar-refractivity contribution is 5.68. The molecule has 108 valence electrons. The van der Waals surface area contributed by atoms with Crippen molar-refractivity contribution in [2.75, 3.05) is 5.32 Å². The number of nitrogens with zero attached hydrogens (tertiary/aromatic N) is 2. The molecule has 21 heavy (non-hydrogen) atoms. The van der Waals surface area contributed by atoms with E-state index in [2.05, 4.69) is 10.3 Å². The van der Waals surface area contributed by atoms with E-state index in [0.29, 0.717) is 11.4 Å². The number of pyridine rings is 1. The fourth-order valence-corrected chi connectivity index (χ4v) is 1.66. The van der Waals surface area contributed by atoms with Gasteiger partial charge in [0.1, 0.15) is 18.5 Å². The van der Waals surface area contributed by atoms with Crippen LogP contribution in [0.4, 0.5) is 17.1 Å². The number of ether oxygens (including phenoxy) is 1. The lowest BCUT2D eigenvalue weighted by molar-refractivity contribution is -0.384. The number of benzene rings is 1. The molecule has 0 radical (unpaired) electrons. The fourth-order valence-electron chi connectivity index (χ4n) is 1.66. The number of rotatable bonds is 5. The summed E-state index contributed by atoms with van der Waals surface area (Å²) in [6, 6.07) is 8.59. The first-order chi connectivity index (χ1) is 10.1. The van der Waals surface area contributed by atoms with Gasteiger partial charge in [-0.3, -0.25) is 19.9 Å². The van der Waals surface area contributed by atoms with Crippen molar-refractivity contribution >= 4 is 23.0 Å². The van der Waals surface area contributed by atoms with Crippen LogP contribution in [0.25, 0.3) is 0 Å². The molecule has 1 aromatic carbocycles. The Morgan fingerprint density at radius 2 is 2.05 bits per heavy atom. The maximum Gasteiger partial charge on any atom is 0.310 e. The molecule has 0 amide bonds. The van der Waals surface area contributed by atoms with E-state index in [-0.39, 0.29) is 18.3 Å². The number of hydrogen-bond donors (Lipinski definition) is 1. The monoisotopic (exact) mass is 287 g/mol. The van der Waals surface area contributed by atoms with Crippen LogP contribution in [0.5, 0.6) is 0 Å². The van der Waals surface area contributed by atoms with E-state index in [0.717, 1.165) is 5.56 Å². The first kappa shape index (κ1) is 14.4. The normalized spacial score (nSPS) is 9.95. The Morgan fingerprint density at radius 1 is 1.33 bits per heavy atom. The predicted octanol–water partition coefficient (Wildman–Crippen LogP) is 2.80. The van der Waals surface area contributed by atoms with Gasteiger partial charge in [-0.15, -0.1) is 0 Å². The molecular weight excluding hydrogens is 274 g/mol. The minimum atomic E-state index is -0.496. The molecule has 0 saturated heterocycles. The lowest BCUT2D eigenvalue weighted by Crippen LogP contribution is -2.00. The largest absolute Gasteiger partial charge is 0.461 e. The van der Waals surface area contributed by atoms with Crippen molar-refractivity contribution in [2.45, 2.75) is 13.5 Å². The molecule has 0 atom stereocenters. The standard InChI is InChI=1S/C14H13N3O4/c1-10(18)21-9-11-2-4-12(5-3-11)16-13-6-7-15-8-14(13)17(19)20/h2-8H,9H2,1H3,(H,15,16). The first-order valence-corrected chi connectivity index (χ1v) is 6.14. The molecule has 0 unspecified atom stereocenters. The number of nitro groups is 1. The van der Waals surface area contributed by atoms with Crippen LogP contribution in [0, 0.1) is 10.1 Å². The van der Waals surface area contributed by atoms with Crippen LogP contribution in [0.2, 0.25) is 0 Å². The molecular formula is C14H13N3O4. The van der Waals surface area contributed by atoms with Crippen LogP contribution in [0.15, 0.2) is 42.7 Å². The van der Waals surface area contributed by atoms with Gasteiger partial charge in [0.15, 0.2) is 0 Å². The lowest BCUT2D eigenvalue weighted by Gasteiger charge is -2.08. The van der Waals surface area contributed by atoms with Crippen LogP contribution in [0.1, 0.15) is 12.5 Å². The van der Waals surface area contributed by atoms with Crippen LogP contribution in [-0.2, 0) is 16.1 Å². The Kier molecular flexibility index (Phi) is 4.45. The summed E-state index contributed by atoms with van der Waals surface area (Å²) in [5.74, 6) is -0.343. The summed E-state index contributed by atoms with van der Waals surface area (Å²) >= 11 is 0. The summed E-state index contributed by atoms with van der Waals surface area (Å²) in [6.45, 7) is 1.55. The van der Waals surface area contributed by atoms with Gasteiger partial charge in [0.25, 0.3) is 0 Å². The average molecular weight is 287 g/mol. The molecule has 0 spiro atoms. The molecule has 1 heterocycles. The van der Waals surface area contributed by atoms with Crippen molar-refractivity contribution in [1.29, 1.82) is 0 Å². The highest BCUT2D eigenvalue weighted by Gasteiger charge is 2.13. The van der Waals surface area contributed by atoms with E-state index < -0.39 is 4.92 Å². The van der Waals surface area contributed by atoms with Crippen molar-refractivity contribution < 1.29 is 14.5 Å². The number of anilines is 2. The fraction of sp³-hybridized carbons (Fsp3) is 0.143. The molecule has 0 aliphatic heterocycles. The summed E-state index contributed by atoms with van der Waals surface area (Å²) < 4.78 is 4.88. The molecule has 7 nitrogen and oxygen atoms in total. The number of carbonyl (C=O) groups is 1. The molecule has 0 aliphatic rings. The summed E-state index contributed by atoms with van der Waals surface area (Å²) in [7, 11) is 0. The zero-order valence-corrected chi connectivity index (χ0v) is 11.3. The Labute approximate surface area is 120 Å². The van der Waals surface area contributed by atoms with E-state index in [9.17, 15) is 14.9 Å². The number of esters is 1. The molecule has 2 aromatic rings. The van der Waals surface area contributed by atoms with Gasteiger partial charge in [0.05, 0.1) is 4.92 Å². The molecule has 2 rings (SSSR count). The third-order valence-electron chi connectivity index (χ3n) is 2.67. The van der Waals surface area contributed by atoms with Crippen molar-refractivity contribution in [3.8, 4) is 0 Å². The molecule has 1 aromatic heterocycles. The quantitative estimate of drug-likeness (QED) is 0.516. The van der Waals surface area contributed by atoms with E-state index in [4.69, 9.17) is 4.74 Å². The average Bonchev–Trinajstić information content (AvgIpc) is 2.47. The highest BCUT2D eigenvalue weighted by Crippen LogP contribution is 2.26. The molecule has 0 bridgehead atoms. The number of nitrogens with one attached hydrogen (secondary N) is 1. The highest BCUT2D eigenvalue weighted by atomic mass is 16.6. The first-order valence-electron chi connectivity index (χ1n) is 6.14. The van der Waals surface area contributed by atoms with Gasteiger partial charge < -0.3 is 10.1 Å². The molecule has 0 aliphatic carbocycles. The summed E-state index contributed by atoms with van der Waals surface area (Å²) in [5, 5.41) is 13.8. The van der Waals surface area contributed by atoms with Crippen LogP contribution >= 0.6 is 0 Å². The van der Waals surface area contributed by atoms with Gasteiger partial charge in [0, 0.05) is 18.8 Å². The van der Waals surface area contributed by atoms with Crippen molar-refractivity contribution in [3.05, 3.63) is 58.4 Å². The van der Waals surface area contributed by atoms with Gasteiger partial charge in [-0.2, -0.15) is 0 Å². The van der Waals surface area contributed by atoms with Gasteiger partial charge in [-0.25, -0.2) is 0 Å². The molecule has 0 fully saturated rings. The Bertz CT molecular complexity index is 656. The van der Waals surface area contributed by atoms with E-state index in [1.807, 2.05) is 0 Å². The maximum absolute atomic E-state index is 10.9. The minimum absolute atomic E-state index is 0.0958. The maximum atomic E-state index is 10.9. The van der Waals surface area contributed by atoms with E-state index >= 15 is 0 Å². The van der Waals surface area contributed by atoms with Crippen LogP contribution < -0.4 is 5.32 Å². The van der Waals surface area contributed by atoms with E-state index in [1.54, 1.807) is 24.3 Å². The second-order valence-corrected chi connectivity index (χ2v) is 4.25. The Morgan fingerprint density at radius 3 is 2.67 bits per heavy atom. The Balaban J connectivity index is 2.10. The zero-order valence-electron chi connectivity index (χ0n) is 11.3. The molecule has 7 heteroatoms. The van der Waals surface area contributed by atoms with Crippen LogP contribution in [-0.4, -0.2) is 15.9 Å². The third kappa shape index (κ3) is 4.00. The topological polar surface area (TPSA) is 94.4 Å². The van der Waals surface area contributed by atoms with Crippen molar-refractivity contribution in [3.63, 3.8) is 0 Å². The lowest BCUT2D eigenvalue weighted by atomic mass is 10.2. The zero-order chi connectivity index (χ0) is 15.2. The predicted molar refractivity (Wildman–Crippen MR) is 76.1 cm³/mol. The number of carbonyl (C=O) groups excluding carboxylic acids is 1. The number of hydrogen-bond acceptors (Lipinski definition) is 6. The SMILES string of the molecule is CC(=O)OCc1ccc(Nc2ccncc2[N+](=O)[O-])cc1. The van der Waals surface area contributed by atoms with Gasteiger partial charge in [0.2, 0.25) is 0 Å². The van der Waals surface area contributed by atoms with Crippen molar-refractivity contribution in [2.24, 2.45) is 0 Å². The molecule has 0 saturated carbocycles. The second kappa shape index (κ2) is 6.47. The summed E-state index contributed by atoms with van der Waals surface area (Å²) in [4.78, 5) is 24.9.